The van der Waals surface area contributed by atoms with Crippen molar-refractivity contribution >= 4 is 17.9 Å². The molecule has 4 rings (SSSR count). The molecule has 1 unspecified atom stereocenters. The van der Waals surface area contributed by atoms with E-state index in [1.54, 1.807) is 7.11 Å². The number of hydrogen-bond donors (Lipinski definition) is 1. The molecule has 7 heteroatoms. The van der Waals surface area contributed by atoms with Crippen LogP contribution >= 0.6 is 0 Å². The van der Waals surface area contributed by atoms with Crippen molar-refractivity contribution in [2.45, 2.75) is 59.9 Å². The number of hydrogen-bond acceptors (Lipinski definition) is 5. The van der Waals surface area contributed by atoms with E-state index in [9.17, 15) is 4.79 Å². The number of carbonyl (C=O) groups is 1. The molecule has 0 radical (unpaired) electrons. The SMILES string of the molecule is COCC(C)/C=C\c1[nH]cc(CN2CCCC3(CCN(c4nc(C)cc(C)n4)CC3)C2=O)c1C. The second kappa shape index (κ2) is 10.3. The van der Waals surface area contributed by atoms with E-state index < -0.39 is 0 Å². The van der Waals surface area contributed by atoms with Crippen LogP contribution in [-0.4, -0.2) is 59.1 Å². The molecule has 1 amide bonds. The van der Waals surface area contributed by atoms with Crippen LogP contribution in [0, 0.1) is 32.1 Å². The number of nitrogens with one attached hydrogen (secondary N) is 1. The summed E-state index contributed by atoms with van der Waals surface area (Å²) in [7, 11) is 1.73. The van der Waals surface area contributed by atoms with Gasteiger partial charge in [0.1, 0.15) is 0 Å². The van der Waals surface area contributed by atoms with Crippen LogP contribution in [0.1, 0.15) is 60.8 Å². The number of carbonyl (C=O) groups excluding carboxylic acids is 1. The third-order valence-electron chi connectivity index (χ3n) is 7.47. The van der Waals surface area contributed by atoms with Gasteiger partial charge >= 0.3 is 0 Å². The molecule has 4 heterocycles. The standard InChI is InChI=1S/C27H39N5O2/c1-19(18-34-5)7-8-24-22(4)23(16-28-24)17-32-12-6-9-27(25(32)33)10-13-31(14-11-27)26-29-20(2)15-21(3)30-26/h7-8,15-16,19,28H,6,9-14,17-18H2,1-5H3/b8-7-. The maximum atomic E-state index is 13.7. The number of aryl methyl sites for hydroxylation is 2. The molecule has 0 bridgehead atoms. The topological polar surface area (TPSA) is 74.3 Å². The lowest BCUT2D eigenvalue weighted by atomic mass is 9.71. The van der Waals surface area contributed by atoms with Crippen LogP contribution in [-0.2, 0) is 16.1 Å². The van der Waals surface area contributed by atoms with Crippen LogP contribution in [0.15, 0.2) is 18.3 Å². The van der Waals surface area contributed by atoms with Crippen LogP contribution in [0.25, 0.3) is 6.08 Å². The number of methoxy groups -OCH3 is 1. The predicted octanol–water partition coefficient (Wildman–Crippen LogP) is 4.43. The third kappa shape index (κ3) is 5.19. The Balaban J connectivity index is 1.41. The number of piperidine rings is 2. The van der Waals surface area contributed by atoms with Crippen molar-refractivity contribution in [3.8, 4) is 0 Å². The maximum absolute atomic E-state index is 13.7. The molecule has 2 aliphatic heterocycles. The number of anilines is 1. The first-order valence-corrected chi connectivity index (χ1v) is 12.5. The number of rotatable bonds is 7. The monoisotopic (exact) mass is 465 g/mol. The van der Waals surface area contributed by atoms with Crippen LogP contribution in [0.5, 0.6) is 0 Å². The van der Waals surface area contributed by atoms with Crippen molar-refractivity contribution in [3.05, 3.63) is 46.5 Å². The summed E-state index contributed by atoms with van der Waals surface area (Å²) in [5, 5.41) is 0. The quantitative estimate of drug-likeness (QED) is 0.655. The van der Waals surface area contributed by atoms with E-state index in [1.165, 1.54) is 11.1 Å². The average molecular weight is 466 g/mol. The first-order valence-electron chi connectivity index (χ1n) is 12.5. The Bertz CT molecular complexity index is 1020. The largest absolute Gasteiger partial charge is 0.384 e. The molecule has 184 valence electrons. The fourth-order valence-corrected chi connectivity index (χ4v) is 5.43. The summed E-state index contributed by atoms with van der Waals surface area (Å²) in [4.78, 5) is 30.7. The first kappa shape index (κ1) is 24.5. The molecule has 7 nitrogen and oxygen atoms in total. The van der Waals surface area contributed by atoms with E-state index in [4.69, 9.17) is 4.74 Å². The van der Waals surface area contributed by atoms with Gasteiger partial charge in [-0.1, -0.05) is 13.0 Å². The number of aromatic nitrogens is 3. The van der Waals surface area contributed by atoms with Crippen LogP contribution < -0.4 is 4.90 Å². The molecule has 2 aromatic rings. The van der Waals surface area contributed by atoms with Crippen molar-refractivity contribution in [2.24, 2.45) is 11.3 Å². The van der Waals surface area contributed by atoms with E-state index in [2.05, 4.69) is 56.9 Å². The van der Waals surface area contributed by atoms with Gasteiger partial charge < -0.3 is 19.5 Å². The zero-order chi connectivity index (χ0) is 24.3. The Hall–Kier alpha value is -2.67. The van der Waals surface area contributed by atoms with Crippen molar-refractivity contribution in [1.29, 1.82) is 0 Å². The van der Waals surface area contributed by atoms with Crippen molar-refractivity contribution < 1.29 is 9.53 Å². The zero-order valence-electron chi connectivity index (χ0n) is 21.4. The van der Waals surface area contributed by atoms with E-state index >= 15 is 0 Å². The van der Waals surface area contributed by atoms with Crippen molar-refractivity contribution in [1.82, 2.24) is 19.9 Å². The molecule has 1 spiro atoms. The highest BCUT2D eigenvalue weighted by atomic mass is 16.5. The van der Waals surface area contributed by atoms with Gasteiger partial charge in [0.15, 0.2) is 0 Å². The summed E-state index contributed by atoms with van der Waals surface area (Å²) in [6.45, 7) is 12.2. The smallest absolute Gasteiger partial charge is 0.229 e. The summed E-state index contributed by atoms with van der Waals surface area (Å²) in [5.41, 5.74) is 5.27. The van der Waals surface area contributed by atoms with Gasteiger partial charge in [-0.15, -0.1) is 0 Å². The summed E-state index contributed by atoms with van der Waals surface area (Å²) < 4.78 is 5.22. The lowest BCUT2D eigenvalue weighted by molar-refractivity contribution is -0.148. The number of aromatic amines is 1. The highest BCUT2D eigenvalue weighted by Gasteiger charge is 2.46. The molecule has 0 saturated carbocycles. The molecule has 1 N–H and O–H groups in total. The molecule has 1 atom stereocenters. The molecule has 0 aromatic carbocycles. The first-order chi connectivity index (χ1) is 16.3. The van der Waals surface area contributed by atoms with Gasteiger partial charge in [0.25, 0.3) is 0 Å². The average Bonchev–Trinajstić information content (AvgIpc) is 3.15. The second-order valence-corrected chi connectivity index (χ2v) is 10.2. The highest BCUT2D eigenvalue weighted by molar-refractivity contribution is 5.84. The molecule has 34 heavy (non-hydrogen) atoms. The predicted molar refractivity (Wildman–Crippen MR) is 136 cm³/mol. The van der Waals surface area contributed by atoms with E-state index in [1.807, 2.05) is 19.9 Å². The minimum Gasteiger partial charge on any atom is -0.384 e. The highest BCUT2D eigenvalue weighted by Crippen LogP contribution is 2.42. The molecule has 2 aliphatic rings. The molecule has 2 aromatic heterocycles. The third-order valence-corrected chi connectivity index (χ3v) is 7.47. The fourth-order valence-electron chi connectivity index (χ4n) is 5.43. The van der Waals surface area contributed by atoms with E-state index in [0.717, 1.165) is 68.3 Å². The Labute approximate surface area is 203 Å². The van der Waals surface area contributed by atoms with Crippen LogP contribution in [0.2, 0.25) is 0 Å². The summed E-state index contributed by atoms with van der Waals surface area (Å²) >= 11 is 0. The second-order valence-electron chi connectivity index (χ2n) is 10.2. The van der Waals surface area contributed by atoms with Gasteiger partial charge in [-0.05, 0) is 75.6 Å². The van der Waals surface area contributed by atoms with E-state index in [-0.39, 0.29) is 5.41 Å². The Morgan fingerprint density at radius 3 is 2.53 bits per heavy atom. The summed E-state index contributed by atoms with van der Waals surface area (Å²) in [6, 6.07) is 2.00. The van der Waals surface area contributed by atoms with Crippen molar-refractivity contribution in [3.63, 3.8) is 0 Å². The van der Waals surface area contributed by atoms with Gasteiger partial charge in [-0.2, -0.15) is 0 Å². The van der Waals surface area contributed by atoms with Gasteiger partial charge in [0, 0.05) is 56.6 Å². The number of amides is 1. The number of H-pyrrole nitrogens is 1. The van der Waals surface area contributed by atoms with Crippen molar-refractivity contribution in [2.75, 3.05) is 38.3 Å². The van der Waals surface area contributed by atoms with Gasteiger partial charge in [-0.3, -0.25) is 4.79 Å². The lowest BCUT2D eigenvalue weighted by Crippen LogP contribution is -2.53. The van der Waals surface area contributed by atoms with Crippen LogP contribution in [0.3, 0.4) is 0 Å². The van der Waals surface area contributed by atoms with E-state index in [0.29, 0.717) is 25.0 Å². The van der Waals surface area contributed by atoms with Gasteiger partial charge in [0.05, 0.1) is 12.0 Å². The number of likely N-dealkylation sites (tertiary alicyclic amines) is 1. The fraction of sp³-hybridized carbons (Fsp3) is 0.593. The molecule has 0 aliphatic carbocycles. The minimum absolute atomic E-state index is 0.240. The van der Waals surface area contributed by atoms with Gasteiger partial charge in [0.2, 0.25) is 11.9 Å². The van der Waals surface area contributed by atoms with Crippen LogP contribution in [0.4, 0.5) is 5.95 Å². The summed E-state index contributed by atoms with van der Waals surface area (Å²) in [6.07, 6.45) is 10.2. The number of ether oxygens (including phenoxy) is 1. The summed E-state index contributed by atoms with van der Waals surface area (Å²) in [5.74, 6) is 1.49. The van der Waals surface area contributed by atoms with Gasteiger partial charge in [-0.25, -0.2) is 9.97 Å². The lowest BCUT2D eigenvalue weighted by Gasteiger charge is -2.46. The number of nitrogens with zero attached hydrogens (tertiary/aromatic N) is 4. The maximum Gasteiger partial charge on any atom is 0.229 e. The Kier molecular flexibility index (Phi) is 7.41. The Morgan fingerprint density at radius 2 is 1.85 bits per heavy atom. The molecule has 2 saturated heterocycles. The minimum atomic E-state index is -0.240. The molecular weight excluding hydrogens is 426 g/mol. The molecule has 2 fully saturated rings. The normalized spacial score (nSPS) is 19.4. The zero-order valence-corrected chi connectivity index (χ0v) is 21.4. The molecular formula is C27H39N5O2. The Morgan fingerprint density at radius 1 is 1.15 bits per heavy atom.